The van der Waals surface area contributed by atoms with Gasteiger partial charge in [-0.25, -0.2) is 23.1 Å². The Balaban J connectivity index is 1.24. The third-order valence-corrected chi connectivity index (χ3v) is 13.0. The highest BCUT2D eigenvalue weighted by Gasteiger charge is 2.54. The van der Waals surface area contributed by atoms with E-state index in [0.29, 0.717) is 23.6 Å². The van der Waals surface area contributed by atoms with Gasteiger partial charge in [-0.15, -0.1) is 0 Å². The topological polar surface area (TPSA) is 131 Å². The first-order chi connectivity index (χ1) is 24.3. The van der Waals surface area contributed by atoms with Gasteiger partial charge in [-0.2, -0.15) is 4.98 Å². The minimum atomic E-state index is -4.17. The van der Waals surface area contributed by atoms with Crippen LogP contribution in [0.15, 0.2) is 59.6 Å². The molecular weight excluding hydrogens is 663 g/mol. The molecule has 1 saturated heterocycles. The number of benzene rings is 2. The molecule has 3 fully saturated rings. The number of amides is 1. The number of aromatic nitrogens is 4. The summed E-state index contributed by atoms with van der Waals surface area (Å²) in [6.07, 6.45) is 6.99. The van der Waals surface area contributed by atoms with Crippen LogP contribution in [0.4, 0.5) is 11.8 Å². The molecule has 1 N–H and O–H groups in total. The number of nitrogens with one attached hydrogen (secondary N) is 1. The molecule has 2 aromatic carbocycles. The lowest BCUT2D eigenvalue weighted by Gasteiger charge is -2.45. The van der Waals surface area contributed by atoms with Gasteiger partial charge in [0.25, 0.3) is 15.9 Å². The van der Waals surface area contributed by atoms with Gasteiger partial charge in [0.05, 0.1) is 40.8 Å². The number of carbonyl (C=O) groups excluding carboxylic acids is 1. The summed E-state index contributed by atoms with van der Waals surface area (Å²) in [5.74, 6) is 0.852. The molecule has 6 bridgehead atoms. The number of hydrogen-bond acceptors (Lipinski definition) is 9. The summed E-state index contributed by atoms with van der Waals surface area (Å²) in [7, 11) is -2.08. The van der Waals surface area contributed by atoms with E-state index in [1.807, 2.05) is 45.2 Å². The van der Waals surface area contributed by atoms with Crippen molar-refractivity contribution in [3.63, 3.8) is 0 Å². The fourth-order valence-corrected chi connectivity index (χ4v) is 9.39. The van der Waals surface area contributed by atoms with Crippen LogP contribution >= 0.6 is 0 Å². The summed E-state index contributed by atoms with van der Waals surface area (Å²) in [5.41, 5.74) is 5.74. The lowest BCUT2D eigenvalue weighted by Crippen LogP contribution is -2.52. The van der Waals surface area contributed by atoms with E-state index in [4.69, 9.17) is 14.7 Å². The number of carbonyl (C=O) groups is 1. The van der Waals surface area contributed by atoms with Crippen LogP contribution in [0.5, 0.6) is 5.88 Å². The zero-order chi connectivity index (χ0) is 35.8. The molecule has 8 rings (SSSR count). The Morgan fingerprint density at radius 2 is 1.73 bits per heavy atom. The largest absolute Gasteiger partial charge is 0.472 e. The van der Waals surface area contributed by atoms with Gasteiger partial charge in [-0.1, -0.05) is 38.1 Å². The number of hydrogen-bond donors (Lipinski definition) is 1. The molecule has 11 nitrogen and oxygen atoms in total. The fourth-order valence-electron chi connectivity index (χ4n) is 8.40. The predicted molar refractivity (Wildman–Crippen MR) is 195 cm³/mol. The molecule has 4 aromatic rings. The first kappa shape index (κ1) is 33.6. The number of sulfonamides is 1. The molecule has 4 aliphatic rings. The van der Waals surface area contributed by atoms with Crippen molar-refractivity contribution in [2.75, 3.05) is 23.2 Å². The molecule has 2 aliphatic heterocycles. The van der Waals surface area contributed by atoms with Crippen molar-refractivity contribution < 1.29 is 17.9 Å². The molecule has 2 aromatic heterocycles. The van der Waals surface area contributed by atoms with Crippen molar-refractivity contribution in [1.29, 1.82) is 0 Å². The molecule has 0 radical (unpaired) electrons. The van der Waals surface area contributed by atoms with Crippen LogP contribution in [-0.4, -0.2) is 64.9 Å². The molecule has 1 spiro atoms. The van der Waals surface area contributed by atoms with Crippen LogP contribution < -0.4 is 14.4 Å². The summed E-state index contributed by atoms with van der Waals surface area (Å²) in [6.45, 7) is 10.5. The Morgan fingerprint density at radius 1 is 1.00 bits per heavy atom. The fraction of sp³-hybridized carbons (Fsp3) is 0.462. The number of fused-ring (bicyclic) bond motifs is 6. The van der Waals surface area contributed by atoms with Gasteiger partial charge in [-0.3, -0.25) is 9.78 Å². The molecule has 1 amide bonds. The SMILES string of the molecule is Cc1cccc(C)c1-c1cc2nc(n1)NS(=O)(=O)c1cccc(c1)C(=O)N1CC(O2)C(C(C)C)CC1c1nc(N(C)C2CC3(CC3)C2)cnc1C. The number of piperidine rings is 1. The van der Waals surface area contributed by atoms with Crippen molar-refractivity contribution in [1.82, 2.24) is 24.8 Å². The molecule has 4 heterocycles. The van der Waals surface area contributed by atoms with Crippen LogP contribution in [0.2, 0.25) is 0 Å². The Bertz CT molecular complexity index is 2120. The van der Waals surface area contributed by atoms with E-state index in [1.54, 1.807) is 23.1 Å². The average Bonchev–Trinajstić information content (AvgIpc) is 3.88. The summed E-state index contributed by atoms with van der Waals surface area (Å²) in [5, 5.41) is 0. The van der Waals surface area contributed by atoms with Crippen LogP contribution in [0, 0.1) is 38.0 Å². The second-order valence-electron chi connectivity index (χ2n) is 15.5. The van der Waals surface area contributed by atoms with Gasteiger partial charge >= 0.3 is 0 Å². The Hall–Kier alpha value is -4.58. The normalized spacial score (nSPS) is 23.3. The predicted octanol–water partition coefficient (Wildman–Crippen LogP) is 6.66. The molecule has 12 heteroatoms. The summed E-state index contributed by atoms with van der Waals surface area (Å²) in [4.78, 5) is 37.9. The first-order valence-corrected chi connectivity index (χ1v) is 19.4. The maximum atomic E-state index is 14.6. The first-order valence-electron chi connectivity index (χ1n) is 17.9. The monoisotopic (exact) mass is 707 g/mol. The van der Waals surface area contributed by atoms with E-state index in [2.05, 4.69) is 40.5 Å². The second kappa shape index (κ2) is 12.3. The number of anilines is 2. The number of ether oxygens (including phenoxy) is 1. The van der Waals surface area contributed by atoms with E-state index in [9.17, 15) is 13.2 Å². The summed E-state index contributed by atoms with van der Waals surface area (Å²) >= 11 is 0. The zero-order valence-corrected chi connectivity index (χ0v) is 30.9. The molecule has 3 atom stereocenters. The Labute approximate surface area is 299 Å². The molecular formula is C39H45N7O4S. The van der Waals surface area contributed by atoms with Gasteiger partial charge < -0.3 is 14.5 Å². The Morgan fingerprint density at radius 3 is 2.43 bits per heavy atom. The molecule has 51 heavy (non-hydrogen) atoms. The third-order valence-electron chi connectivity index (χ3n) is 11.7. The van der Waals surface area contributed by atoms with Crippen molar-refractivity contribution in [2.45, 2.75) is 89.8 Å². The number of rotatable bonds is 5. The van der Waals surface area contributed by atoms with Crippen LogP contribution in [0.25, 0.3) is 11.3 Å². The Kier molecular flexibility index (Phi) is 8.08. The van der Waals surface area contributed by atoms with Crippen LogP contribution in [0.3, 0.4) is 0 Å². The standard InChI is InChI=1S/C39H45N7O4S/c1-22(2)29-16-31(36-25(5)40-20-33(42-36)45(6)27-18-39(19-27)13-14-39)46-21-32(29)50-34-17-30(35-23(3)9-7-10-24(35)4)41-38(43-34)44-51(48,49)28-12-8-11-26(15-28)37(46)47/h7-12,15,17,20,22,27,29,31-32H,13-14,16,18-19,21H2,1-6H3,(H,41,43,44). The zero-order valence-electron chi connectivity index (χ0n) is 30.1. The minimum Gasteiger partial charge on any atom is -0.472 e. The van der Waals surface area contributed by atoms with Crippen molar-refractivity contribution in [3.05, 3.63) is 82.8 Å². The van der Waals surface area contributed by atoms with E-state index in [-0.39, 0.29) is 46.6 Å². The highest BCUT2D eigenvalue weighted by molar-refractivity contribution is 7.92. The highest BCUT2D eigenvalue weighted by atomic mass is 32.2. The third kappa shape index (κ3) is 6.11. The van der Waals surface area contributed by atoms with E-state index in [0.717, 1.165) is 33.9 Å². The van der Waals surface area contributed by atoms with Gasteiger partial charge in [-0.05, 0) is 93.5 Å². The quantitative estimate of drug-likeness (QED) is 0.242. The van der Waals surface area contributed by atoms with Gasteiger partial charge in [0.15, 0.2) is 0 Å². The lowest BCUT2D eigenvalue weighted by atomic mass is 9.76. The van der Waals surface area contributed by atoms with E-state index in [1.165, 1.54) is 37.8 Å². The van der Waals surface area contributed by atoms with Crippen molar-refractivity contribution >= 4 is 27.7 Å². The summed E-state index contributed by atoms with van der Waals surface area (Å²) in [6, 6.07) is 13.9. The molecule has 2 saturated carbocycles. The van der Waals surface area contributed by atoms with Crippen LogP contribution in [-0.2, 0) is 10.0 Å². The van der Waals surface area contributed by atoms with Crippen molar-refractivity contribution in [3.8, 4) is 17.1 Å². The van der Waals surface area contributed by atoms with Crippen LogP contribution in [0.1, 0.15) is 84.9 Å². The molecule has 266 valence electrons. The molecule has 2 aliphatic carbocycles. The smallest absolute Gasteiger partial charge is 0.264 e. The lowest BCUT2D eigenvalue weighted by molar-refractivity contribution is -0.00970. The molecule has 3 unspecified atom stereocenters. The minimum absolute atomic E-state index is 0.0122. The second-order valence-corrected chi connectivity index (χ2v) is 17.1. The average molecular weight is 708 g/mol. The maximum Gasteiger partial charge on any atom is 0.264 e. The van der Waals surface area contributed by atoms with Gasteiger partial charge in [0.2, 0.25) is 11.8 Å². The maximum absolute atomic E-state index is 14.6. The van der Waals surface area contributed by atoms with E-state index >= 15 is 0 Å². The van der Waals surface area contributed by atoms with Gasteiger partial charge in [0, 0.05) is 36.2 Å². The number of aryl methyl sites for hydroxylation is 3. The highest BCUT2D eigenvalue weighted by Crippen LogP contribution is 2.62. The number of nitrogens with zero attached hydrogens (tertiary/aromatic N) is 6. The summed E-state index contributed by atoms with van der Waals surface area (Å²) < 4.78 is 37.0. The van der Waals surface area contributed by atoms with Crippen molar-refractivity contribution in [2.24, 2.45) is 17.3 Å². The van der Waals surface area contributed by atoms with E-state index < -0.39 is 22.2 Å². The van der Waals surface area contributed by atoms with Gasteiger partial charge in [0.1, 0.15) is 11.9 Å².